The van der Waals surface area contributed by atoms with Gasteiger partial charge in [-0.1, -0.05) is 12.1 Å². The van der Waals surface area contributed by atoms with Crippen molar-refractivity contribution in [3.8, 4) is 17.2 Å². The lowest BCUT2D eigenvalue weighted by molar-refractivity contribution is 0.0947. The van der Waals surface area contributed by atoms with E-state index >= 15 is 0 Å². The van der Waals surface area contributed by atoms with Gasteiger partial charge >= 0.3 is 0 Å². The van der Waals surface area contributed by atoms with E-state index < -0.39 is 0 Å². The highest BCUT2D eigenvalue weighted by molar-refractivity contribution is 5.96. The molecule has 0 unspecified atom stereocenters. The Morgan fingerprint density at radius 3 is 2.30 bits per heavy atom. The Morgan fingerprint density at radius 2 is 1.65 bits per heavy atom. The van der Waals surface area contributed by atoms with Crippen molar-refractivity contribution in [2.75, 3.05) is 21.3 Å². The summed E-state index contributed by atoms with van der Waals surface area (Å²) in [5.74, 6) is 1.81. The molecule has 2 aromatic carbocycles. The zero-order valence-corrected chi connectivity index (χ0v) is 13.8. The number of amides is 1. The van der Waals surface area contributed by atoms with E-state index in [0.29, 0.717) is 23.6 Å². The van der Waals surface area contributed by atoms with Crippen LogP contribution in [0.1, 0.15) is 21.5 Å². The van der Waals surface area contributed by atoms with E-state index in [4.69, 9.17) is 14.2 Å². The second-order valence-electron chi connectivity index (χ2n) is 4.97. The molecule has 0 bridgehead atoms. The molecule has 0 aromatic heterocycles. The highest BCUT2D eigenvalue weighted by Crippen LogP contribution is 2.31. The lowest BCUT2D eigenvalue weighted by atomic mass is 10.1. The Labute approximate surface area is 136 Å². The van der Waals surface area contributed by atoms with Crippen molar-refractivity contribution >= 4 is 5.91 Å². The molecule has 0 fully saturated rings. The third kappa shape index (κ3) is 3.56. The molecule has 2 rings (SSSR count). The van der Waals surface area contributed by atoms with Gasteiger partial charge in [0.2, 0.25) is 0 Å². The number of benzene rings is 2. The highest BCUT2D eigenvalue weighted by atomic mass is 16.5. The Kier molecular flexibility index (Phi) is 5.46. The average Bonchev–Trinajstić information content (AvgIpc) is 2.59. The van der Waals surface area contributed by atoms with Gasteiger partial charge in [-0.05, 0) is 31.2 Å². The van der Waals surface area contributed by atoms with Gasteiger partial charge < -0.3 is 19.5 Å². The summed E-state index contributed by atoms with van der Waals surface area (Å²) in [5, 5.41) is 2.89. The fourth-order valence-electron chi connectivity index (χ4n) is 2.48. The maximum atomic E-state index is 12.3. The number of hydrogen-bond donors (Lipinski definition) is 1. The average molecular weight is 315 g/mol. The molecular weight excluding hydrogens is 294 g/mol. The van der Waals surface area contributed by atoms with E-state index in [9.17, 15) is 4.79 Å². The number of ether oxygens (including phenoxy) is 3. The minimum atomic E-state index is -0.196. The first-order valence-electron chi connectivity index (χ1n) is 7.24. The molecule has 23 heavy (non-hydrogen) atoms. The molecule has 0 aliphatic heterocycles. The molecule has 0 atom stereocenters. The van der Waals surface area contributed by atoms with Gasteiger partial charge in [-0.25, -0.2) is 0 Å². The molecule has 0 saturated carbocycles. The first kappa shape index (κ1) is 16.7. The predicted molar refractivity (Wildman–Crippen MR) is 88.4 cm³/mol. The lowest BCUT2D eigenvalue weighted by Gasteiger charge is -2.15. The van der Waals surface area contributed by atoms with Crippen molar-refractivity contribution in [3.63, 3.8) is 0 Å². The summed E-state index contributed by atoms with van der Waals surface area (Å²) in [5.41, 5.74) is 2.28. The number of hydrogen-bond acceptors (Lipinski definition) is 4. The van der Waals surface area contributed by atoms with Crippen molar-refractivity contribution in [1.82, 2.24) is 5.32 Å². The molecule has 0 spiro atoms. The number of rotatable bonds is 6. The molecule has 1 amide bonds. The molecule has 5 heteroatoms. The Bertz CT molecular complexity index is 697. The standard InChI is InChI=1S/C18H21NO4/c1-12-15(21-2)10-9-13(17(12)23-4)11-19-18(20)14-7-5-6-8-16(14)22-3/h5-10H,11H2,1-4H3,(H,19,20). The van der Waals surface area contributed by atoms with Crippen LogP contribution >= 0.6 is 0 Å². The van der Waals surface area contributed by atoms with E-state index in [-0.39, 0.29) is 5.91 Å². The van der Waals surface area contributed by atoms with Gasteiger partial charge in [0.05, 0.1) is 26.9 Å². The highest BCUT2D eigenvalue weighted by Gasteiger charge is 2.14. The third-order valence-electron chi connectivity index (χ3n) is 3.65. The smallest absolute Gasteiger partial charge is 0.255 e. The fourth-order valence-corrected chi connectivity index (χ4v) is 2.48. The molecule has 1 N–H and O–H groups in total. The molecule has 5 nitrogen and oxygen atoms in total. The molecule has 0 saturated heterocycles. The molecular formula is C18H21NO4. The van der Waals surface area contributed by atoms with Gasteiger partial charge in [0.25, 0.3) is 5.91 Å². The number of nitrogens with one attached hydrogen (secondary N) is 1. The Hall–Kier alpha value is -2.69. The number of carbonyl (C=O) groups excluding carboxylic acids is 1. The summed E-state index contributed by atoms with van der Waals surface area (Å²) < 4.78 is 15.9. The van der Waals surface area contributed by atoms with Crippen LogP contribution in [0.15, 0.2) is 36.4 Å². The van der Waals surface area contributed by atoms with Crippen molar-refractivity contribution < 1.29 is 19.0 Å². The van der Waals surface area contributed by atoms with Crippen LogP contribution in [0, 0.1) is 6.92 Å². The van der Waals surface area contributed by atoms with Gasteiger partial charge in [0.15, 0.2) is 0 Å². The summed E-state index contributed by atoms with van der Waals surface area (Å²) >= 11 is 0. The van der Waals surface area contributed by atoms with Crippen LogP contribution in [-0.4, -0.2) is 27.2 Å². The molecule has 0 aliphatic carbocycles. The van der Waals surface area contributed by atoms with Crippen LogP contribution in [0.5, 0.6) is 17.2 Å². The van der Waals surface area contributed by atoms with Crippen molar-refractivity contribution in [2.45, 2.75) is 13.5 Å². The molecule has 0 radical (unpaired) electrons. The Balaban J connectivity index is 2.18. The number of methoxy groups -OCH3 is 3. The SMILES string of the molecule is COc1ccccc1C(=O)NCc1ccc(OC)c(C)c1OC. The summed E-state index contributed by atoms with van der Waals surface area (Å²) in [6.07, 6.45) is 0. The van der Waals surface area contributed by atoms with E-state index in [0.717, 1.165) is 16.9 Å². The van der Waals surface area contributed by atoms with Crippen LogP contribution in [0.25, 0.3) is 0 Å². The van der Waals surface area contributed by atoms with Crippen molar-refractivity contribution in [1.29, 1.82) is 0 Å². The largest absolute Gasteiger partial charge is 0.496 e. The summed E-state index contributed by atoms with van der Waals surface area (Å²) in [7, 11) is 4.76. The van der Waals surface area contributed by atoms with E-state index in [1.165, 1.54) is 0 Å². The predicted octanol–water partition coefficient (Wildman–Crippen LogP) is 2.95. The van der Waals surface area contributed by atoms with Gasteiger partial charge in [-0.2, -0.15) is 0 Å². The maximum Gasteiger partial charge on any atom is 0.255 e. The minimum Gasteiger partial charge on any atom is -0.496 e. The van der Waals surface area contributed by atoms with E-state index in [1.54, 1.807) is 39.5 Å². The zero-order valence-electron chi connectivity index (χ0n) is 13.8. The number of carbonyl (C=O) groups is 1. The molecule has 0 heterocycles. The third-order valence-corrected chi connectivity index (χ3v) is 3.65. The van der Waals surface area contributed by atoms with E-state index in [2.05, 4.69) is 5.32 Å². The van der Waals surface area contributed by atoms with Crippen molar-refractivity contribution in [3.05, 3.63) is 53.1 Å². The molecule has 0 aliphatic rings. The number of para-hydroxylation sites is 1. The topological polar surface area (TPSA) is 56.8 Å². The van der Waals surface area contributed by atoms with Crippen LogP contribution in [-0.2, 0) is 6.54 Å². The maximum absolute atomic E-state index is 12.3. The second-order valence-corrected chi connectivity index (χ2v) is 4.97. The van der Waals surface area contributed by atoms with Crippen LogP contribution in [0.4, 0.5) is 0 Å². The van der Waals surface area contributed by atoms with Crippen LogP contribution < -0.4 is 19.5 Å². The zero-order chi connectivity index (χ0) is 16.8. The first-order chi connectivity index (χ1) is 11.1. The van der Waals surface area contributed by atoms with Crippen molar-refractivity contribution in [2.24, 2.45) is 0 Å². The normalized spacial score (nSPS) is 10.1. The molecule has 122 valence electrons. The van der Waals surface area contributed by atoms with Crippen LogP contribution in [0.3, 0.4) is 0 Å². The van der Waals surface area contributed by atoms with Gasteiger partial charge in [0.1, 0.15) is 17.2 Å². The fraction of sp³-hybridized carbons (Fsp3) is 0.278. The lowest BCUT2D eigenvalue weighted by Crippen LogP contribution is -2.23. The van der Waals surface area contributed by atoms with E-state index in [1.807, 2.05) is 25.1 Å². The minimum absolute atomic E-state index is 0.196. The van der Waals surface area contributed by atoms with Gasteiger partial charge in [0, 0.05) is 17.7 Å². The quantitative estimate of drug-likeness (QED) is 0.890. The first-order valence-corrected chi connectivity index (χ1v) is 7.24. The second kappa shape index (κ2) is 7.54. The van der Waals surface area contributed by atoms with Gasteiger partial charge in [-0.3, -0.25) is 4.79 Å². The van der Waals surface area contributed by atoms with Crippen LogP contribution in [0.2, 0.25) is 0 Å². The summed E-state index contributed by atoms with van der Waals surface area (Å²) in [4.78, 5) is 12.3. The summed E-state index contributed by atoms with van der Waals surface area (Å²) in [6, 6.07) is 10.9. The van der Waals surface area contributed by atoms with Gasteiger partial charge in [-0.15, -0.1) is 0 Å². The monoisotopic (exact) mass is 315 g/mol. The Morgan fingerprint density at radius 1 is 0.957 bits per heavy atom. The molecule has 2 aromatic rings. The summed E-state index contributed by atoms with van der Waals surface area (Å²) in [6.45, 7) is 2.27.